The lowest BCUT2D eigenvalue weighted by Gasteiger charge is -2.20. The molecule has 0 aliphatic carbocycles. The maximum absolute atomic E-state index is 10.2. The van der Waals surface area contributed by atoms with Crippen molar-refractivity contribution in [3.8, 4) is 0 Å². The number of carbonyl (C=O) groups is 2. The molecule has 0 spiro atoms. The number of rotatable bonds is 5. The molecule has 6 heteroatoms. The Balaban J connectivity index is 4.32. The summed E-state index contributed by atoms with van der Waals surface area (Å²) in [6.07, 6.45) is -9.64. The Morgan fingerprint density at radius 3 is 1.75 bits per heavy atom. The van der Waals surface area contributed by atoms with Crippen molar-refractivity contribution in [3.63, 3.8) is 0 Å². The lowest BCUT2D eigenvalue weighted by atomic mass is 10.1. The Morgan fingerprint density at radius 1 is 1.00 bits per heavy atom. The smallest absolute Gasteiger partial charge is 0.151 e. The Labute approximate surface area is 69.5 Å². The van der Waals surface area contributed by atoms with Gasteiger partial charge in [0.05, 0.1) is 0 Å². The second-order valence-electron chi connectivity index (χ2n) is 2.17. The molecule has 6 nitrogen and oxygen atoms in total. The molecule has 0 aromatic rings. The molecule has 4 atom stereocenters. The molecular weight excluding hydrogens is 168 g/mol. The van der Waals surface area contributed by atoms with E-state index in [-0.39, 0.29) is 6.29 Å². The zero-order chi connectivity index (χ0) is 10.6. The molecule has 0 aliphatic rings. The van der Waals surface area contributed by atoms with Crippen LogP contribution in [0.4, 0.5) is 0 Å². The number of aliphatic hydroxyl groups is 4. The molecule has 0 saturated carbocycles. The maximum atomic E-state index is 10.2. The van der Waals surface area contributed by atoms with Gasteiger partial charge in [-0.25, -0.2) is 0 Å². The van der Waals surface area contributed by atoms with Gasteiger partial charge in [0.25, 0.3) is 0 Å². The molecule has 4 N–H and O–H groups in total. The normalized spacial score (nSPS) is 21.8. The average molecular weight is 179 g/mol. The van der Waals surface area contributed by atoms with Crippen molar-refractivity contribution in [2.45, 2.75) is 24.4 Å². The fourth-order valence-electron chi connectivity index (χ4n) is 0.539. The summed E-state index contributed by atoms with van der Waals surface area (Å²) in [6.45, 7) is 0. The summed E-state index contributed by atoms with van der Waals surface area (Å²) in [6, 6.07) is 0. The zero-order valence-corrected chi connectivity index (χ0v) is 5.99. The third-order valence-electron chi connectivity index (χ3n) is 1.28. The van der Waals surface area contributed by atoms with Crippen LogP contribution >= 0.6 is 0 Å². The highest BCUT2D eigenvalue weighted by Crippen LogP contribution is 2.01. The maximum Gasteiger partial charge on any atom is 0.151 e. The van der Waals surface area contributed by atoms with E-state index in [0.29, 0.717) is 0 Å². The minimum atomic E-state index is -2.13. The van der Waals surface area contributed by atoms with Crippen molar-refractivity contribution in [2.24, 2.45) is 0 Å². The first kappa shape index (κ1) is 9.27. The van der Waals surface area contributed by atoms with Gasteiger partial charge in [0.1, 0.15) is 25.8 Å². The van der Waals surface area contributed by atoms with Crippen LogP contribution in [0.2, 0.25) is 0 Å². The number of aliphatic hydroxyl groups excluding tert-OH is 4. The van der Waals surface area contributed by atoms with E-state index in [2.05, 4.69) is 0 Å². The second-order valence-corrected chi connectivity index (χ2v) is 2.17. The highest BCUT2D eigenvalue weighted by molar-refractivity contribution is 5.59. The van der Waals surface area contributed by atoms with E-state index in [1.807, 2.05) is 0 Å². The van der Waals surface area contributed by atoms with Crippen LogP contribution in [0.1, 0.15) is 1.37 Å². The number of carbonyl (C=O) groups excluding carboxylic acids is 2. The van der Waals surface area contributed by atoms with Gasteiger partial charge in [-0.15, -0.1) is 0 Å². The van der Waals surface area contributed by atoms with Crippen LogP contribution in [0.15, 0.2) is 0 Å². The van der Waals surface area contributed by atoms with E-state index in [1.54, 1.807) is 0 Å². The fourth-order valence-corrected chi connectivity index (χ4v) is 0.539. The van der Waals surface area contributed by atoms with Gasteiger partial charge in [-0.05, 0) is 0 Å². The number of aldehydes is 2. The van der Waals surface area contributed by atoms with Gasteiger partial charge in [-0.2, -0.15) is 0 Å². The van der Waals surface area contributed by atoms with E-state index >= 15 is 0 Å². The molecule has 0 aliphatic heterocycles. The van der Waals surface area contributed by atoms with E-state index < -0.39 is 30.7 Å². The minimum Gasteiger partial charge on any atom is -0.387 e. The van der Waals surface area contributed by atoms with E-state index in [1.165, 1.54) is 0 Å². The van der Waals surface area contributed by atoms with E-state index in [9.17, 15) is 9.59 Å². The van der Waals surface area contributed by atoms with Crippen molar-refractivity contribution in [1.29, 1.82) is 0 Å². The van der Waals surface area contributed by atoms with Gasteiger partial charge in [-0.3, -0.25) is 0 Å². The molecule has 0 radical (unpaired) electrons. The van der Waals surface area contributed by atoms with Crippen molar-refractivity contribution < 1.29 is 31.4 Å². The third kappa shape index (κ3) is 2.67. The Hall–Kier alpha value is -0.820. The average Bonchev–Trinajstić information content (AvgIpc) is 2.12. The molecule has 0 heterocycles. The summed E-state index contributed by atoms with van der Waals surface area (Å²) in [7, 11) is 0. The van der Waals surface area contributed by atoms with Gasteiger partial charge >= 0.3 is 0 Å². The van der Waals surface area contributed by atoms with Crippen molar-refractivity contribution >= 4 is 12.5 Å². The summed E-state index contributed by atoms with van der Waals surface area (Å²) < 4.78 is 6.38. The highest BCUT2D eigenvalue weighted by Gasteiger charge is 2.29. The quantitative estimate of drug-likeness (QED) is 0.331. The Bertz CT molecular complexity index is 196. The predicted octanol–water partition coefficient (Wildman–Crippen LogP) is -3.17. The molecular formula is C6H10O6. The van der Waals surface area contributed by atoms with Crippen LogP contribution in [0.5, 0.6) is 0 Å². The van der Waals surface area contributed by atoms with Gasteiger partial charge in [0.15, 0.2) is 12.5 Å². The molecule has 0 amide bonds. The molecule has 0 aromatic carbocycles. The molecule has 0 aromatic heterocycles. The SMILES string of the molecule is [2H]C(=O)[C@H](O)[C@@H](O)[C@H](O)[C@H](O)C=O. The number of hydrogen-bond acceptors (Lipinski definition) is 6. The minimum absolute atomic E-state index is 0.0605. The molecule has 0 saturated heterocycles. The van der Waals surface area contributed by atoms with Crippen LogP contribution in [-0.2, 0) is 9.59 Å². The summed E-state index contributed by atoms with van der Waals surface area (Å²) in [5.41, 5.74) is 0. The zero-order valence-electron chi connectivity index (χ0n) is 6.99. The van der Waals surface area contributed by atoms with Crippen LogP contribution in [0, 0.1) is 0 Å². The topological polar surface area (TPSA) is 115 Å². The second kappa shape index (κ2) is 4.94. The van der Waals surface area contributed by atoms with E-state index in [0.717, 1.165) is 0 Å². The third-order valence-corrected chi connectivity index (χ3v) is 1.28. The first-order chi connectivity index (χ1) is 5.91. The van der Waals surface area contributed by atoms with Crippen LogP contribution in [0.25, 0.3) is 0 Å². The molecule has 0 rings (SSSR count). The van der Waals surface area contributed by atoms with Gasteiger partial charge in [0, 0.05) is 0 Å². The predicted molar refractivity (Wildman–Crippen MR) is 36.2 cm³/mol. The van der Waals surface area contributed by atoms with Crippen molar-refractivity contribution in [2.75, 3.05) is 0 Å². The fraction of sp³-hybridized carbons (Fsp3) is 0.667. The standard InChI is InChI=1S/C6H10O6/c7-1-3(9)5(11)6(12)4(10)2-8/h1-6,9-12H/t3-,4+,5-,6-/m1/s1/i1D/t3-,4+,5+,6+/m0. The van der Waals surface area contributed by atoms with Crippen LogP contribution < -0.4 is 0 Å². The molecule has 0 bridgehead atoms. The lowest BCUT2D eigenvalue weighted by molar-refractivity contribution is -0.140. The lowest BCUT2D eigenvalue weighted by Crippen LogP contribution is -2.45. The highest BCUT2D eigenvalue weighted by atomic mass is 16.4. The molecule has 0 fully saturated rings. The first-order valence-electron chi connectivity index (χ1n) is 3.59. The molecule has 70 valence electrons. The largest absolute Gasteiger partial charge is 0.387 e. The summed E-state index contributed by atoms with van der Waals surface area (Å²) >= 11 is 0. The van der Waals surface area contributed by atoms with Crippen molar-refractivity contribution in [3.05, 3.63) is 0 Å². The number of hydrogen-bond donors (Lipinski definition) is 4. The van der Waals surface area contributed by atoms with Gasteiger partial charge in [0.2, 0.25) is 0 Å². The summed E-state index contributed by atoms with van der Waals surface area (Å²) in [5, 5.41) is 35.2. The first-order valence-corrected chi connectivity index (χ1v) is 3.09. The molecule has 0 unspecified atom stereocenters. The molecule has 12 heavy (non-hydrogen) atoms. The van der Waals surface area contributed by atoms with Gasteiger partial charge in [-0.1, -0.05) is 0 Å². The van der Waals surface area contributed by atoms with Crippen LogP contribution in [-0.4, -0.2) is 57.4 Å². The van der Waals surface area contributed by atoms with E-state index in [4.69, 9.17) is 21.8 Å². The Morgan fingerprint density at radius 2 is 1.42 bits per heavy atom. The van der Waals surface area contributed by atoms with Crippen molar-refractivity contribution in [1.82, 2.24) is 0 Å². The van der Waals surface area contributed by atoms with Crippen LogP contribution in [0.3, 0.4) is 0 Å². The van der Waals surface area contributed by atoms with Gasteiger partial charge < -0.3 is 30.0 Å². The Kier molecular flexibility index (Phi) is 3.81. The monoisotopic (exact) mass is 179 g/mol. The summed E-state index contributed by atoms with van der Waals surface area (Å²) in [5.74, 6) is 0. The summed E-state index contributed by atoms with van der Waals surface area (Å²) in [4.78, 5) is 20.1.